The van der Waals surface area contributed by atoms with E-state index < -0.39 is 14.5 Å². The van der Waals surface area contributed by atoms with Crippen molar-refractivity contribution in [3.8, 4) is 0 Å². The molecule has 216 valence electrons. The number of likely N-dealkylation sites (tertiary alicyclic amines) is 1. The SMILES string of the molecule is C[C@H]1[C@H]([Si](C)(C)F)[C@@H](CC(=O)N2CCC[C@H]2CO)O[C@H]1CCc1cccc(N2C(=O)c3cccc4cccc2c34)c1. The number of aliphatic hydroxyl groups excluding tert-OH is 1. The molecular weight excluding hydrogens is 535 g/mol. The van der Waals surface area contributed by atoms with Gasteiger partial charge in [0.2, 0.25) is 14.3 Å². The topological polar surface area (TPSA) is 70.1 Å². The third-order valence-electron chi connectivity index (χ3n) is 9.42. The molecule has 0 spiro atoms. The molecule has 8 heteroatoms. The van der Waals surface area contributed by atoms with Gasteiger partial charge in [-0.15, -0.1) is 0 Å². The van der Waals surface area contributed by atoms with Crippen molar-refractivity contribution in [3.05, 3.63) is 71.8 Å². The quantitative estimate of drug-likeness (QED) is 0.250. The molecule has 0 radical (unpaired) electrons. The van der Waals surface area contributed by atoms with Gasteiger partial charge in [-0.05, 0) is 79.9 Å². The average Bonchev–Trinajstić information content (AvgIpc) is 3.63. The van der Waals surface area contributed by atoms with Crippen LogP contribution in [0.5, 0.6) is 0 Å². The fourth-order valence-corrected chi connectivity index (χ4v) is 10.1. The summed E-state index contributed by atoms with van der Waals surface area (Å²) >= 11 is 0. The molecule has 6 nitrogen and oxygen atoms in total. The number of aliphatic hydroxyl groups is 1. The Balaban J connectivity index is 1.17. The van der Waals surface area contributed by atoms with Crippen molar-refractivity contribution in [1.29, 1.82) is 0 Å². The van der Waals surface area contributed by atoms with E-state index in [1.54, 1.807) is 22.9 Å². The van der Waals surface area contributed by atoms with Gasteiger partial charge in [-0.2, -0.15) is 0 Å². The van der Waals surface area contributed by atoms with Crippen LogP contribution in [0.1, 0.15) is 48.5 Å². The maximum atomic E-state index is 15.6. The molecule has 2 amide bonds. The van der Waals surface area contributed by atoms with Crippen molar-refractivity contribution in [1.82, 2.24) is 4.90 Å². The van der Waals surface area contributed by atoms with Crippen LogP contribution >= 0.6 is 0 Å². The van der Waals surface area contributed by atoms with E-state index in [0.29, 0.717) is 13.0 Å². The lowest BCUT2D eigenvalue weighted by atomic mass is 9.95. The third kappa shape index (κ3) is 5.11. The highest BCUT2D eigenvalue weighted by Crippen LogP contribution is 2.47. The number of anilines is 2. The predicted molar refractivity (Wildman–Crippen MR) is 162 cm³/mol. The van der Waals surface area contributed by atoms with Crippen molar-refractivity contribution in [2.45, 2.75) is 75.9 Å². The van der Waals surface area contributed by atoms with E-state index >= 15 is 4.11 Å². The highest BCUT2D eigenvalue weighted by molar-refractivity contribution is 6.72. The molecular formula is C33H39FN2O4Si. The normalized spacial score (nSPS) is 26.0. The van der Waals surface area contributed by atoms with Gasteiger partial charge < -0.3 is 18.9 Å². The lowest BCUT2D eigenvalue weighted by molar-refractivity contribution is -0.135. The van der Waals surface area contributed by atoms with Gasteiger partial charge in [0, 0.05) is 23.2 Å². The van der Waals surface area contributed by atoms with Crippen LogP contribution in [0.4, 0.5) is 15.5 Å². The molecule has 0 saturated carbocycles. The van der Waals surface area contributed by atoms with Crippen LogP contribution in [0.3, 0.4) is 0 Å². The molecule has 2 saturated heterocycles. The maximum absolute atomic E-state index is 15.6. The van der Waals surface area contributed by atoms with Gasteiger partial charge in [-0.25, -0.2) is 0 Å². The summed E-state index contributed by atoms with van der Waals surface area (Å²) in [6, 6.07) is 19.8. The Morgan fingerprint density at radius 3 is 2.61 bits per heavy atom. The molecule has 6 rings (SSSR count). The third-order valence-corrected chi connectivity index (χ3v) is 11.9. The van der Waals surface area contributed by atoms with Crippen molar-refractivity contribution in [3.63, 3.8) is 0 Å². The molecule has 3 aliphatic rings. The molecule has 0 unspecified atom stereocenters. The predicted octanol–water partition coefficient (Wildman–Crippen LogP) is 6.39. The summed E-state index contributed by atoms with van der Waals surface area (Å²) in [5.74, 6) is -0.0580. The first-order valence-electron chi connectivity index (χ1n) is 14.9. The second kappa shape index (κ2) is 11.0. The number of nitrogens with zero attached hydrogens (tertiary/aromatic N) is 2. The van der Waals surface area contributed by atoms with Crippen molar-refractivity contribution < 1.29 is 23.5 Å². The standard InChI is InChI=1S/C33H39FN2O4Si/c1-21-28(40-29(32(21)41(2,3)34)19-30(38)35-17-7-12-25(35)20-37)16-15-22-8-4-11-24(18-22)36-27-14-6-10-23-9-5-13-26(31(23)27)33(36)39/h4-6,8-11,13-14,18,21,25,28-29,32,37H,7,12,15-17,19-20H2,1-3H3/t21-,25+,28+,29-,32+/m1/s1. The number of carbonyl (C=O) groups is 2. The molecule has 3 aliphatic heterocycles. The Bertz CT molecular complexity index is 1470. The summed E-state index contributed by atoms with van der Waals surface area (Å²) < 4.78 is 22.1. The Morgan fingerprint density at radius 1 is 1.10 bits per heavy atom. The van der Waals surface area contributed by atoms with Crippen LogP contribution in [-0.4, -0.2) is 61.6 Å². The molecule has 0 aliphatic carbocycles. The monoisotopic (exact) mass is 574 g/mol. The fraction of sp³-hybridized carbons (Fsp3) is 0.455. The number of hydrogen-bond donors (Lipinski definition) is 1. The summed E-state index contributed by atoms with van der Waals surface area (Å²) in [6.45, 7) is 6.12. The molecule has 41 heavy (non-hydrogen) atoms. The van der Waals surface area contributed by atoms with E-state index in [1.807, 2.05) is 48.5 Å². The number of amides is 2. The lowest BCUT2D eigenvalue weighted by Gasteiger charge is -2.30. The fourth-order valence-electron chi connectivity index (χ4n) is 7.55. The zero-order valence-corrected chi connectivity index (χ0v) is 25.1. The number of halogens is 1. The Kier molecular flexibility index (Phi) is 7.51. The number of benzene rings is 3. The first-order chi connectivity index (χ1) is 19.7. The zero-order valence-electron chi connectivity index (χ0n) is 24.1. The number of hydrogen-bond acceptors (Lipinski definition) is 4. The van der Waals surface area contributed by atoms with E-state index in [9.17, 15) is 14.7 Å². The van der Waals surface area contributed by atoms with Crippen LogP contribution in [0.25, 0.3) is 10.8 Å². The Morgan fingerprint density at radius 2 is 1.85 bits per heavy atom. The molecule has 0 aromatic heterocycles. The van der Waals surface area contributed by atoms with E-state index in [2.05, 4.69) is 19.1 Å². The Hall–Kier alpha value is -3.07. The smallest absolute Gasteiger partial charge is 0.263 e. The van der Waals surface area contributed by atoms with E-state index in [1.165, 1.54) is 0 Å². The van der Waals surface area contributed by atoms with Gasteiger partial charge >= 0.3 is 0 Å². The van der Waals surface area contributed by atoms with E-state index in [4.69, 9.17) is 4.74 Å². The number of carbonyl (C=O) groups excluding carboxylic acids is 2. The molecule has 3 heterocycles. The first-order valence-corrected chi connectivity index (χ1v) is 17.8. The second-order valence-electron chi connectivity index (χ2n) is 12.5. The minimum Gasteiger partial charge on any atom is -0.394 e. The van der Waals surface area contributed by atoms with Gasteiger partial charge in [0.1, 0.15) is 0 Å². The number of aryl methyl sites for hydroxylation is 1. The van der Waals surface area contributed by atoms with Crippen LogP contribution < -0.4 is 4.90 Å². The van der Waals surface area contributed by atoms with Crippen LogP contribution in [0, 0.1) is 5.92 Å². The molecule has 1 N–H and O–H groups in total. The summed E-state index contributed by atoms with van der Waals surface area (Å²) in [4.78, 5) is 30.1. The van der Waals surface area contributed by atoms with Crippen LogP contribution in [0.15, 0.2) is 60.7 Å². The van der Waals surface area contributed by atoms with Gasteiger partial charge in [0.05, 0.1) is 42.5 Å². The summed E-state index contributed by atoms with van der Waals surface area (Å²) in [7, 11) is -3.11. The molecule has 2 fully saturated rings. The number of ether oxygens (including phenoxy) is 1. The summed E-state index contributed by atoms with van der Waals surface area (Å²) in [5.41, 5.74) is 3.28. The minimum absolute atomic E-state index is 0.00197. The molecule has 3 aromatic carbocycles. The molecule has 3 aromatic rings. The van der Waals surface area contributed by atoms with Crippen molar-refractivity contribution in [2.24, 2.45) is 5.92 Å². The van der Waals surface area contributed by atoms with Crippen molar-refractivity contribution in [2.75, 3.05) is 18.1 Å². The molecule has 5 atom stereocenters. The van der Waals surface area contributed by atoms with E-state index in [0.717, 1.165) is 52.5 Å². The van der Waals surface area contributed by atoms with Gasteiger partial charge in [-0.3, -0.25) is 14.5 Å². The highest BCUT2D eigenvalue weighted by Gasteiger charge is 2.52. The minimum atomic E-state index is -3.11. The Labute approximate surface area is 242 Å². The first kappa shape index (κ1) is 28.1. The van der Waals surface area contributed by atoms with Crippen LogP contribution in [0.2, 0.25) is 18.6 Å². The second-order valence-corrected chi connectivity index (χ2v) is 16.3. The zero-order chi connectivity index (χ0) is 28.9. The largest absolute Gasteiger partial charge is 0.394 e. The average molecular weight is 575 g/mol. The van der Waals surface area contributed by atoms with E-state index in [-0.39, 0.29) is 48.4 Å². The highest BCUT2D eigenvalue weighted by atomic mass is 28.4. The van der Waals surface area contributed by atoms with Crippen LogP contribution in [-0.2, 0) is 16.0 Å². The number of rotatable bonds is 8. The molecule has 0 bridgehead atoms. The van der Waals surface area contributed by atoms with Gasteiger partial charge in [-0.1, -0.05) is 43.3 Å². The summed E-state index contributed by atoms with van der Waals surface area (Å²) in [5, 5.41) is 11.7. The summed E-state index contributed by atoms with van der Waals surface area (Å²) in [6.07, 6.45) is 2.71. The van der Waals surface area contributed by atoms with Crippen molar-refractivity contribution >= 4 is 42.4 Å². The van der Waals surface area contributed by atoms with Gasteiger partial charge in [0.15, 0.2) is 0 Å². The van der Waals surface area contributed by atoms with Gasteiger partial charge in [0.25, 0.3) is 5.91 Å². The maximum Gasteiger partial charge on any atom is 0.263 e. The lowest BCUT2D eigenvalue weighted by Crippen LogP contribution is -2.42.